The molecule has 1 amide bonds. The van der Waals surface area contributed by atoms with Gasteiger partial charge in [-0.25, -0.2) is 0 Å². The van der Waals surface area contributed by atoms with Crippen LogP contribution in [0.1, 0.15) is 31.7 Å². The molecule has 1 aromatic carbocycles. The predicted octanol–water partition coefficient (Wildman–Crippen LogP) is 2.29. The minimum atomic E-state index is -0.0362. The van der Waals surface area contributed by atoms with Crippen molar-refractivity contribution in [3.05, 3.63) is 29.8 Å². The van der Waals surface area contributed by atoms with Gasteiger partial charge < -0.3 is 15.5 Å². The van der Waals surface area contributed by atoms with Gasteiger partial charge in [0, 0.05) is 24.8 Å². The lowest BCUT2D eigenvalue weighted by molar-refractivity contribution is -0.123. The zero-order chi connectivity index (χ0) is 15.4. The lowest BCUT2D eigenvalue weighted by Crippen LogP contribution is -2.47. The summed E-state index contributed by atoms with van der Waals surface area (Å²) in [6, 6.07) is 8.31. The van der Waals surface area contributed by atoms with Gasteiger partial charge in [-0.2, -0.15) is 0 Å². The van der Waals surface area contributed by atoms with E-state index in [4.69, 9.17) is 0 Å². The minimum Gasteiger partial charge on any atom is -0.385 e. The molecule has 1 aliphatic rings. The monoisotopic (exact) mass is 289 g/mol. The van der Waals surface area contributed by atoms with Crippen LogP contribution in [0.3, 0.4) is 0 Å². The van der Waals surface area contributed by atoms with Crippen LogP contribution in [0, 0.1) is 5.92 Å². The average Bonchev–Trinajstić information content (AvgIpc) is 2.45. The lowest BCUT2D eigenvalue weighted by atomic mass is 9.89. The van der Waals surface area contributed by atoms with Crippen molar-refractivity contribution in [1.82, 2.24) is 10.2 Å². The van der Waals surface area contributed by atoms with Gasteiger partial charge in [0.15, 0.2) is 0 Å². The molecule has 2 unspecified atom stereocenters. The van der Waals surface area contributed by atoms with Crippen LogP contribution in [0.2, 0.25) is 0 Å². The Balaban J connectivity index is 2.10. The van der Waals surface area contributed by atoms with Crippen LogP contribution >= 0.6 is 0 Å². The van der Waals surface area contributed by atoms with Crippen LogP contribution in [0.4, 0.5) is 5.69 Å². The molecule has 21 heavy (non-hydrogen) atoms. The highest BCUT2D eigenvalue weighted by molar-refractivity contribution is 5.86. The Bertz CT molecular complexity index is 485. The van der Waals surface area contributed by atoms with E-state index < -0.39 is 0 Å². The normalized spacial score (nSPS) is 19.0. The molecule has 2 atom stereocenters. The molecule has 0 bridgehead atoms. The van der Waals surface area contributed by atoms with Crippen LogP contribution in [-0.2, 0) is 4.79 Å². The molecule has 0 aliphatic carbocycles. The van der Waals surface area contributed by atoms with Crippen molar-refractivity contribution < 1.29 is 4.79 Å². The van der Waals surface area contributed by atoms with Gasteiger partial charge in [0.05, 0.1) is 5.92 Å². The van der Waals surface area contributed by atoms with Crippen molar-refractivity contribution in [1.29, 1.82) is 0 Å². The molecule has 2 N–H and O–H groups in total. The maximum absolute atomic E-state index is 12.7. The third-order valence-corrected chi connectivity index (χ3v) is 4.10. The molecule has 2 rings (SSSR count). The van der Waals surface area contributed by atoms with Crippen molar-refractivity contribution in [2.45, 2.75) is 32.2 Å². The molecule has 4 nitrogen and oxygen atoms in total. The molecule has 1 heterocycles. The standard InChI is InChI=1S/C17H27N3O/c1-12(2)16(11-20(3)4)19-17(21)14-9-10-18-15-8-6-5-7-13(14)15/h5-8,12,14,16,18H,9-11H2,1-4H3,(H,19,21). The Morgan fingerprint density at radius 2 is 2.10 bits per heavy atom. The number of likely N-dealkylation sites (N-methyl/N-ethyl adjacent to an activating group) is 1. The van der Waals surface area contributed by atoms with E-state index in [2.05, 4.69) is 41.5 Å². The van der Waals surface area contributed by atoms with Crippen molar-refractivity contribution in [3.63, 3.8) is 0 Å². The SMILES string of the molecule is CC(C)C(CN(C)C)NC(=O)C1CCNc2ccccc21. The fraction of sp³-hybridized carbons (Fsp3) is 0.588. The van der Waals surface area contributed by atoms with E-state index in [1.807, 2.05) is 26.2 Å². The Kier molecular flexibility index (Phi) is 5.23. The molecular formula is C17H27N3O. The third-order valence-electron chi connectivity index (χ3n) is 4.10. The predicted molar refractivity (Wildman–Crippen MR) is 87.6 cm³/mol. The first-order chi connectivity index (χ1) is 9.99. The first-order valence-electron chi connectivity index (χ1n) is 7.77. The van der Waals surface area contributed by atoms with Crippen LogP contribution in [0.25, 0.3) is 0 Å². The Morgan fingerprint density at radius 3 is 2.76 bits per heavy atom. The second kappa shape index (κ2) is 6.94. The number of amides is 1. The summed E-state index contributed by atoms with van der Waals surface area (Å²) in [4.78, 5) is 14.8. The van der Waals surface area contributed by atoms with Gasteiger partial charge in [-0.05, 0) is 38.1 Å². The molecule has 0 radical (unpaired) electrons. The van der Waals surface area contributed by atoms with E-state index >= 15 is 0 Å². The zero-order valence-electron chi connectivity index (χ0n) is 13.5. The first-order valence-corrected chi connectivity index (χ1v) is 7.77. The van der Waals surface area contributed by atoms with E-state index in [-0.39, 0.29) is 17.9 Å². The van der Waals surface area contributed by atoms with Gasteiger partial charge in [-0.15, -0.1) is 0 Å². The number of anilines is 1. The van der Waals surface area contributed by atoms with E-state index in [0.717, 1.165) is 30.8 Å². The van der Waals surface area contributed by atoms with Crippen LogP contribution in [0.5, 0.6) is 0 Å². The molecule has 0 saturated heterocycles. The number of hydrogen-bond acceptors (Lipinski definition) is 3. The molecular weight excluding hydrogens is 262 g/mol. The summed E-state index contributed by atoms with van der Waals surface area (Å²) in [7, 11) is 4.09. The summed E-state index contributed by atoms with van der Waals surface area (Å²) >= 11 is 0. The van der Waals surface area contributed by atoms with Crippen molar-refractivity contribution in [2.75, 3.05) is 32.5 Å². The number of hydrogen-bond donors (Lipinski definition) is 2. The third kappa shape index (κ3) is 3.97. The first kappa shape index (κ1) is 15.8. The van der Waals surface area contributed by atoms with Gasteiger partial charge in [-0.3, -0.25) is 4.79 Å². The summed E-state index contributed by atoms with van der Waals surface area (Å²) in [5, 5.41) is 6.62. The number of fused-ring (bicyclic) bond motifs is 1. The van der Waals surface area contributed by atoms with Crippen LogP contribution in [0.15, 0.2) is 24.3 Å². The van der Waals surface area contributed by atoms with Crippen molar-refractivity contribution in [3.8, 4) is 0 Å². The Morgan fingerprint density at radius 1 is 1.38 bits per heavy atom. The summed E-state index contributed by atoms with van der Waals surface area (Å²) in [6.45, 7) is 6.04. The second-order valence-corrected chi connectivity index (χ2v) is 6.48. The topological polar surface area (TPSA) is 44.4 Å². The number of carbonyl (C=O) groups is 1. The largest absolute Gasteiger partial charge is 0.385 e. The molecule has 0 saturated carbocycles. The molecule has 0 fully saturated rings. The highest BCUT2D eigenvalue weighted by Gasteiger charge is 2.28. The fourth-order valence-electron chi connectivity index (χ4n) is 2.84. The van der Waals surface area contributed by atoms with Gasteiger partial charge in [0.25, 0.3) is 0 Å². The number of nitrogens with zero attached hydrogens (tertiary/aromatic N) is 1. The summed E-state index contributed by atoms with van der Waals surface area (Å²) in [5.41, 5.74) is 2.21. The smallest absolute Gasteiger partial charge is 0.227 e. The number of nitrogens with one attached hydrogen (secondary N) is 2. The van der Waals surface area contributed by atoms with Gasteiger partial charge in [0.2, 0.25) is 5.91 Å². The highest BCUT2D eigenvalue weighted by Crippen LogP contribution is 2.31. The quantitative estimate of drug-likeness (QED) is 0.874. The van der Waals surface area contributed by atoms with Crippen molar-refractivity contribution in [2.24, 2.45) is 5.92 Å². The van der Waals surface area contributed by atoms with E-state index in [9.17, 15) is 4.79 Å². The molecule has 0 spiro atoms. The van der Waals surface area contributed by atoms with Gasteiger partial charge >= 0.3 is 0 Å². The molecule has 1 aliphatic heterocycles. The molecule has 1 aromatic rings. The maximum Gasteiger partial charge on any atom is 0.227 e. The lowest BCUT2D eigenvalue weighted by Gasteiger charge is -2.30. The van der Waals surface area contributed by atoms with Crippen LogP contribution in [-0.4, -0.2) is 44.0 Å². The van der Waals surface area contributed by atoms with Gasteiger partial charge in [0.1, 0.15) is 0 Å². The second-order valence-electron chi connectivity index (χ2n) is 6.48. The average molecular weight is 289 g/mol. The molecule has 0 aromatic heterocycles. The molecule has 4 heteroatoms. The highest BCUT2D eigenvalue weighted by atomic mass is 16.2. The Labute approximate surface area is 127 Å². The van der Waals surface area contributed by atoms with E-state index in [0.29, 0.717) is 5.92 Å². The molecule has 116 valence electrons. The summed E-state index contributed by atoms with van der Waals surface area (Å²) < 4.78 is 0. The zero-order valence-corrected chi connectivity index (χ0v) is 13.5. The number of benzene rings is 1. The maximum atomic E-state index is 12.7. The van der Waals surface area contributed by atoms with Crippen molar-refractivity contribution >= 4 is 11.6 Å². The summed E-state index contributed by atoms with van der Waals surface area (Å²) in [5.74, 6) is 0.545. The number of para-hydroxylation sites is 1. The number of rotatable bonds is 5. The van der Waals surface area contributed by atoms with E-state index in [1.165, 1.54) is 0 Å². The minimum absolute atomic E-state index is 0.0362. The van der Waals surface area contributed by atoms with Crippen LogP contribution < -0.4 is 10.6 Å². The fourth-order valence-corrected chi connectivity index (χ4v) is 2.84. The Hall–Kier alpha value is -1.55. The van der Waals surface area contributed by atoms with E-state index in [1.54, 1.807) is 0 Å². The number of carbonyl (C=O) groups excluding carboxylic acids is 1. The summed E-state index contributed by atoms with van der Waals surface area (Å²) in [6.07, 6.45) is 0.857. The van der Waals surface area contributed by atoms with Gasteiger partial charge in [-0.1, -0.05) is 32.0 Å².